The molecule has 0 radical (unpaired) electrons. The number of aliphatic imine (C=N–C) groups is 1. The van der Waals surface area contributed by atoms with Gasteiger partial charge >= 0.3 is 15.6 Å². The fourth-order valence-electron chi connectivity index (χ4n) is 1.64. The van der Waals surface area contributed by atoms with Crippen LogP contribution >= 0.6 is 11.8 Å². The number of fused-ring (bicyclic) bond motifs is 1. The van der Waals surface area contributed by atoms with Crippen molar-refractivity contribution >= 4 is 27.0 Å². The van der Waals surface area contributed by atoms with Crippen molar-refractivity contribution in [2.75, 3.05) is 13.3 Å². The lowest BCUT2D eigenvalue weighted by molar-refractivity contribution is -0.0510. The molecular formula is C12H15F3N2O3S2. The predicted octanol–water partition coefficient (Wildman–Crippen LogP) is 2.81. The highest BCUT2D eigenvalue weighted by molar-refractivity contribution is 8.13. The van der Waals surface area contributed by atoms with Crippen molar-refractivity contribution in [1.82, 2.24) is 4.90 Å². The van der Waals surface area contributed by atoms with E-state index in [9.17, 15) is 13.2 Å². The van der Waals surface area contributed by atoms with Crippen molar-refractivity contribution in [2.45, 2.75) is 18.5 Å². The largest absolute Gasteiger partial charge is 0.522 e. The van der Waals surface area contributed by atoms with Crippen LogP contribution in [0.3, 0.4) is 0 Å². The Hall–Kier alpha value is -1.26. The van der Waals surface area contributed by atoms with Gasteiger partial charge in [-0.25, -0.2) is 4.99 Å². The van der Waals surface area contributed by atoms with E-state index in [-0.39, 0.29) is 6.04 Å². The number of likely N-dealkylation sites (N-methyl/N-ethyl adjacent to an activating group) is 1. The average Bonchev–Trinajstić information content (AvgIpc) is 2.55. The molecule has 0 saturated carbocycles. The summed E-state index contributed by atoms with van der Waals surface area (Å²) in [5.41, 5.74) is -2.99. The third kappa shape index (κ3) is 4.62. The summed E-state index contributed by atoms with van der Waals surface area (Å²) in [6, 6.07) is 0.219. The minimum Gasteiger partial charge on any atom is -0.326 e. The molecule has 124 valence electrons. The molecule has 1 unspecified atom stereocenters. The number of amidine groups is 1. The molecule has 0 bridgehead atoms. The lowest BCUT2D eigenvalue weighted by atomic mass is 10.2. The number of thioether (sulfide) groups is 1. The molecule has 10 heteroatoms. The first-order chi connectivity index (χ1) is 9.97. The molecule has 0 aromatic heterocycles. The molecule has 1 heterocycles. The van der Waals surface area contributed by atoms with E-state index >= 15 is 0 Å². The minimum absolute atomic E-state index is 0.219. The van der Waals surface area contributed by atoms with Gasteiger partial charge in [-0.1, -0.05) is 35.6 Å². The highest BCUT2D eigenvalue weighted by Crippen LogP contribution is 2.27. The van der Waals surface area contributed by atoms with Gasteiger partial charge in [-0.2, -0.15) is 21.6 Å². The number of halogens is 3. The van der Waals surface area contributed by atoms with Crippen LogP contribution in [-0.2, 0) is 10.1 Å². The van der Waals surface area contributed by atoms with Crippen LogP contribution in [0, 0.1) is 0 Å². The molecule has 0 saturated heterocycles. The molecule has 1 atom stereocenters. The van der Waals surface area contributed by atoms with E-state index in [1.807, 2.05) is 0 Å². The van der Waals surface area contributed by atoms with Crippen LogP contribution in [0.1, 0.15) is 6.92 Å². The van der Waals surface area contributed by atoms with Gasteiger partial charge in [-0.3, -0.25) is 4.55 Å². The van der Waals surface area contributed by atoms with E-state index in [4.69, 9.17) is 13.0 Å². The molecule has 1 N–H and O–H groups in total. The van der Waals surface area contributed by atoms with Crippen molar-refractivity contribution in [1.29, 1.82) is 0 Å². The molecule has 2 rings (SSSR count). The summed E-state index contributed by atoms with van der Waals surface area (Å²) >= 11 is 1.69. The van der Waals surface area contributed by atoms with Crippen LogP contribution in [0.5, 0.6) is 0 Å². The van der Waals surface area contributed by atoms with Crippen LogP contribution in [0.2, 0.25) is 0 Å². The average molecular weight is 356 g/mol. The molecule has 1 aliphatic heterocycles. The number of alkyl halides is 3. The molecule has 0 aromatic rings. The van der Waals surface area contributed by atoms with Crippen molar-refractivity contribution in [3.8, 4) is 0 Å². The van der Waals surface area contributed by atoms with Crippen LogP contribution in [-0.4, -0.2) is 47.9 Å². The van der Waals surface area contributed by atoms with E-state index < -0.39 is 15.6 Å². The van der Waals surface area contributed by atoms with Gasteiger partial charge in [0.2, 0.25) is 0 Å². The van der Waals surface area contributed by atoms with Crippen molar-refractivity contribution < 1.29 is 26.1 Å². The van der Waals surface area contributed by atoms with Crippen LogP contribution < -0.4 is 0 Å². The van der Waals surface area contributed by atoms with E-state index in [0.29, 0.717) is 0 Å². The highest BCUT2D eigenvalue weighted by Gasteiger charge is 2.44. The van der Waals surface area contributed by atoms with Crippen molar-refractivity contribution in [2.24, 2.45) is 4.99 Å². The van der Waals surface area contributed by atoms with E-state index in [2.05, 4.69) is 54.4 Å². The zero-order valence-corrected chi connectivity index (χ0v) is 13.6. The van der Waals surface area contributed by atoms with E-state index in [1.165, 1.54) is 11.3 Å². The monoisotopic (exact) mass is 356 g/mol. The Morgan fingerprint density at radius 2 is 1.91 bits per heavy atom. The van der Waals surface area contributed by atoms with Crippen LogP contribution in [0.25, 0.3) is 0 Å². The molecule has 22 heavy (non-hydrogen) atoms. The first-order valence-electron chi connectivity index (χ1n) is 5.93. The second-order valence-corrected chi connectivity index (χ2v) is 6.59. The summed E-state index contributed by atoms with van der Waals surface area (Å²) in [6.45, 7) is 2.10. The third-order valence-electron chi connectivity index (χ3n) is 2.76. The second-order valence-electron chi connectivity index (χ2n) is 4.40. The van der Waals surface area contributed by atoms with Crippen molar-refractivity contribution in [3.05, 3.63) is 35.6 Å². The molecule has 2 aliphatic rings. The Labute approximate surface area is 131 Å². The zero-order valence-electron chi connectivity index (χ0n) is 12.0. The number of rotatable bonds is 0. The molecule has 5 nitrogen and oxygen atoms in total. The van der Waals surface area contributed by atoms with Gasteiger partial charge in [0.1, 0.15) is 6.04 Å². The zero-order chi connectivity index (χ0) is 17.1. The van der Waals surface area contributed by atoms with Gasteiger partial charge in [-0.05, 0) is 19.3 Å². The third-order valence-corrected chi connectivity index (χ3v) is 4.09. The fraction of sp³-hybridized carbons (Fsp3) is 0.417. The smallest absolute Gasteiger partial charge is 0.326 e. The topological polar surface area (TPSA) is 70.0 Å². The first-order valence-corrected chi connectivity index (χ1v) is 8.60. The Balaban J connectivity index is 0.000000261. The Bertz CT molecular complexity index is 649. The Morgan fingerprint density at radius 1 is 1.36 bits per heavy atom. The van der Waals surface area contributed by atoms with Gasteiger partial charge in [0, 0.05) is 12.7 Å². The quantitative estimate of drug-likeness (QED) is 0.534. The van der Waals surface area contributed by atoms with Gasteiger partial charge in [0.25, 0.3) is 0 Å². The van der Waals surface area contributed by atoms with Crippen molar-refractivity contribution in [3.63, 3.8) is 0 Å². The number of nitrogens with zero attached hydrogens (tertiary/aromatic N) is 2. The fourth-order valence-corrected chi connectivity index (χ4v) is 2.24. The van der Waals surface area contributed by atoms with Crippen LogP contribution in [0.15, 0.2) is 40.6 Å². The Kier molecular flexibility index (Phi) is 5.88. The lowest BCUT2D eigenvalue weighted by Crippen LogP contribution is -2.21. The summed E-state index contributed by atoms with van der Waals surface area (Å²) in [7, 11) is -3.77. The summed E-state index contributed by atoms with van der Waals surface area (Å²) in [5, 5.41) is 1.10. The predicted molar refractivity (Wildman–Crippen MR) is 81.1 cm³/mol. The molecule has 0 spiro atoms. The number of allylic oxidation sites excluding steroid dienone is 4. The first kappa shape index (κ1) is 18.8. The second kappa shape index (κ2) is 6.88. The number of hydrogen-bond acceptors (Lipinski definition) is 5. The molecule has 0 amide bonds. The normalized spacial score (nSPS) is 21.1. The SMILES string of the molecule is CSC1=NC2C=CC(C)=CC=C2N1C.O=S(=O)(O)C(F)(F)F. The Morgan fingerprint density at radius 3 is 2.36 bits per heavy atom. The van der Waals surface area contributed by atoms with Gasteiger partial charge in [0.05, 0.1) is 0 Å². The van der Waals surface area contributed by atoms with Gasteiger partial charge in [0.15, 0.2) is 5.17 Å². The summed E-state index contributed by atoms with van der Waals surface area (Å²) in [4.78, 5) is 6.78. The molecule has 0 aromatic carbocycles. The lowest BCUT2D eigenvalue weighted by Gasteiger charge is -2.15. The maximum absolute atomic E-state index is 10.7. The van der Waals surface area contributed by atoms with Gasteiger partial charge < -0.3 is 4.90 Å². The van der Waals surface area contributed by atoms with E-state index in [1.54, 1.807) is 11.8 Å². The summed E-state index contributed by atoms with van der Waals surface area (Å²) in [6.07, 6.45) is 10.7. The van der Waals surface area contributed by atoms with Gasteiger partial charge in [-0.15, -0.1) is 0 Å². The minimum atomic E-state index is -5.84. The maximum atomic E-state index is 10.7. The summed E-state index contributed by atoms with van der Waals surface area (Å²) < 4.78 is 57.5. The standard InChI is InChI=1S/C11H14N2S.CHF3O3S/c1-8-4-6-9-10(7-5-8)13(2)11(12-9)14-3;2-1(3,4)8(5,6)7/h4-7,9H,1-3H3;(H,5,6,7). The van der Waals surface area contributed by atoms with Crippen LogP contribution in [0.4, 0.5) is 13.2 Å². The maximum Gasteiger partial charge on any atom is 0.522 e. The number of hydrogen-bond donors (Lipinski definition) is 1. The molecular weight excluding hydrogens is 341 g/mol. The highest BCUT2D eigenvalue weighted by atomic mass is 32.2. The molecule has 1 aliphatic carbocycles. The summed E-state index contributed by atoms with van der Waals surface area (Å²) in [5.74, 6) is 0. The van der Waals surface area contributed by atoms with E-state index in [0.717, 1.165) is 5.17 Å². The molecule has 0 fully saturated rings.